The molecule has 0 radical (unpaired) electrons. The maximum atomic E-state index is 12.4. The molecule has 2 aromatic rings. The SMILES string of the molecule is CC(=O)OC[C@H]1O[C@@H](n2cc(CNC(=O)c3cncn3C)nn2)[C@H](OC(C)=O)[C@@H](OC(C)=O)[C@@H]1OC(C)=O. The molecule has 3 rings (SSSR count). The molecule has 1 N–H and O–H groups in total. The third-order valence-corrected chi connectivity index (χ3v) is 5.26. The van der Waals surface area contributed by atoms with E-state index in [0.29, 0.717) is 11.4 Å². The lowest BCUT2D eigenvalue weighted by atomic mass is 9.97. The van der Waals surface area contributed by atoms with Gasteiger partial charge in [0.05, 0.1) is 25.3 Å². The molecule has 1 amide bonds. The fraction of sp³-hybridized carbons (Fsp3) is 0.545. The molecule has 2 aromatic heterocycles. The fourth-order valence-corrected chi connectivity index (χ4v) is 3.77. The van der Waals surface area contributed by atoms with Crippen LogP contribution in [0.5, 0.6) is 0 Å². The van der Waals surface area contributed by atoms with E-state index < -0.39 is 60.4 Å². The van der Waals surface area contributed by atoms with Crippen molar-refractivity contribution >= 4 is 29.8 Å². The van der Waals surface area contributed by atoms with Crippen LogP contribution in [0.25, 0.3) is 0 Å². The van der Waals surface area contributed by atoms with Crippen LogP contribution in [0.2, 0.25) is 0 Å². The van der Waals surface area contributed by atoms with Crippen molar-refractivity contribution in [2.75, 3.05) is 6.61 Å². The molecule has 0 bridgehead atoms. The Hall–Kier alpha value is -4.34. The number of carbonyl (C=O) groups excluding carboxylic acids is 5. The summed E-state index contributed by atoms with van der Waals surface area (Å²) >= 11 is 0. The van der Waals surface area contributed by atoms with Gasteiger partial charge in [-0.2, -0.15) is 0 Å². The summed E-state index contributed by atoms with van der Waals surface area (Å²) in [5.74, 6) is -3.27. The average Bonchev–Trinajstić information content (AvgIpc) is 3.47. The molecule has 0 aliphatic carbocycles. The number of imidazole rings is 1. The van der Waals surface area contributed by atoms with Crippen LogP contribution < -0.4 is 5.32 Å². The molecule has 0 spiro atoms. The van der Waals surface area contributed by atoms with Gasteiger partial charge in [-0.1, -0.05) is 5.21 Å². The summed E-state index contributed by atoms with van der Waals surface area (Å²) in [6, 6.07) is 0. The molecule has 1 aliphatic rings. The molecule has 16 heteroatoms. The van der Waals surface area contributed by atoms with Gasteiger partial charge >= 0.3 is 23.9 Å². The molecular weight excluding hydrogens is 508 g/mol. The number of aryl methyl sites for hydroxylation is 1. The average molecular weight is 536 g/mol. The Labute approximate surface area is 216 Å². The van der Waals surface area contributed by atoms with E-state index in [9.17, 15) is 24.0 Å². The van der Waals surface area contributed by atoms with E-state index in [4.69, 9.17) is 23.7 Å². The van der Waals surface area contributed by atoms with Crippen molar-refractivity contribution in [3.8, 4) is 0 Å². The predicted molar refractivity (Wildman–Crippen MR) is 122 cm³/mol. The molecule has 1 saturated heterocycles. The van der Waals surface area contributed by atoms with Gasteiger partial charge in [0.15, 0.2) is 24.5 Å². The van der Waals surface area contributed by atoms with Crippen LogP contribution in [0.3, 0.4) is 0 Å². The van der Waals surface area contributed by atoms with Gasteiger partial charge in [0.25, 0.3) is 5.91 Å². The molecular formula is C22H28N6O10. The topological polar surface area (TPSA) is 192 Å². The lowest BCUT2D eigenvalue weighted by molar-refractivity contribution is -0.270. The molecule has 38 heavy (non-hydrogen) atoms. The van der Waals surface area contributed by atoms with Crippen LogP contribution in [-0.4, -0.2) is 85.4 Å². The van der Waals surface area contributed by atoms with E-state index in [0.717, 1.165) is 20.8 Å². The maximum absolute atomic E-state index is 12.4. The van der Waals surface area contributed by atoms with Crippen molar-refractivity contribution in [2.24, 2.45) is 7.05 Å². The van der Waals surface area contributed by atoms with E-state index in [1.165, 1.54) is 30.3 Å². The van der Waals surface area contributed by atoms with Crippen molar-refractivity contribution in [1.82, 2.24) is 29.9 Å². The standard InChI is InChI=1S/C22H28N6O10/c1-11(29)34-9-17-18(35-12(2)30)19(36-13(3)31)20(37-14(4)32)22(38-17)28-8-15(25-26-28)6-24-21(33)16-7-23-10-27(16)5/h7-8,10,17-20,22H,6,9H2,1-5H3,(H,24,33)/t17-,18-,19+,20-,22-/m1/s1. The van der Waals surface area contributed by atoms with Gasteiger partial charge in [0.1, 0.15) is 24.1 Å². The molecule has 3 heterocycles. The number of nitrogens with zero attached hydrogens (tertiary/aromatic N) is 5. The molecule has 16 nitrogen and oxygen atoms in total. The summed E-state index contributed by atoms with van der Waals surface area (Å²) < 4.78 is 30.0. The maximum Gasteiger partial charge on any atom is 0.303 e. The van der Waals surface area contributed by atoms with Crippen molar-refractivity contribution in [2.45, 2.75) is 64.9 Å². The number of nitrogens with one attached hydrogen (secondary N) is 1. The highest BCUT2D eigenvalue weighted by Gasteiger charge is 2.53. The van der Waals surface area contributed by atoms with E-state index >= 15 is 0 Å². The monoisotopic (exact) mass is 536 g/mol. The summed E-state index contributed by atoms with van der Waals surface area (Å²) in [7, 11) is 1.67. The summed E-state index contributed by atoms with van der Waals surface area (Å²) in [5, 5.41) is 10.7. The zero-order valence-electron chi connectivity index (χ0n) is 21.4. The van der Waals surface area contributed by atoms with Crippen molar-refractivity contribution in [1.29, 1.82) is 0 Å². The van der Waals surface area contributed by atoms with Crippen LogP contribution >= 0.6 is 0 Å². The number of hydrogen-bond acceptors (Lipinski definition) is 13. The summed E-state index contributed by atoms with van der Waals surface area (Å²) in [6.07, 6.45) is -2.06. The minimum Gasteiger partial charge on any atom is -0.463 e. The van der Waals surface area contributed by atoms with Gasteiger partial charge < -0.3 is 33.6 Å². The highest BCUT2D eigenvalue weighted by atomic mass is 16.7. The molecule has 0 unspecified atom stereocenters. The summed E-state index contributed by atoms with van der Waals surface area (Å²) in [5.41, 5.74) is 0.644. The Morgan fingerprint density at radius 2 is 1.58 bits per heavy atom. The molecule has 5 atom stereocenters. The number of esters is 4. The smallest absolute Gasteiger partial charge is 0.303 e. The molecule has 1 fully saturated rings. The van der Waals surface area contributed by atoms with Gasteiger partial charge in [-0.15, -0.1) is 5.10 Å². The Balaban J connectivity index is 1.90. The number of amides is 1. The van der Waals surface area contributed by atoms with Gasteiger partial charge in [0, 0.05) is 34.7 Å². The van der Waals surface area contributed by atoms with Crippen LogP contribution in [-0.2, 0) is 56.5 Å². The number of rotatable bonds is 9. The largest absolute Gasteiger partial charge is 0.463 e. The molecule has 0 saturated carbocycles. The van der Waals surface area contributed by atoms with E-state index in [1.807, 2.05) is 0 Å². The van der Waals surface area contributed by atoms with E-state index in [2.05, 4.69) is 20.6 Å². The Morgan fingerprint density at radius 1 is 0.947 bits per heavy atom. The third kappa shape index (κ3) is 7.12. The van der Waals surface area contributed by atoms with E-state index in [1.54, 1.807) is 11.6 Å². The van der Waals surface area contributed by atoms with Crippen molar-refractivity contribution < 1.29 is 47.7 Å². The number of ether oxygens (including phenoxy) is 5. The third-order valence-electron chi connectivity index (χ3n) is 5.26. The van der Waals surface area contributed by atoms with E-state index in [-0.39, 0.29) is 13.2 Å². The highest BCUT2D eigenvalue weighted by Crippen LogP contribution is 2.34. The summed E-state index contributed by atoms with van der Waals surface area (Å²) in [6.45, 7) is 4.17. The predicted octanol–water partition coefficient (Wildman–Crippen LogP) is -0.803. The van der Waals surface area contributed by atoms with Crippen LogP contribution in [0.1, 0.15) is 50.1 Å². The van der Waals surface area contributed by atoms with Crippen molar-refractivity contribution in [3.63, 3.8) is 0 Å². The first kappa shape index (κ1) is 28.2. The van der Waals surface area contributed by atoms with Crippen molar-refractivity contribution in [3.05, 3.63) is 30.1 Å². The lowest BCUT2D eigenvalue weighted by Crippen LogP contribution is -2.60. The quantitative estimate of drug-likeness (QED) is 0.309. The summed E-state index contributed by atoms with van der Waals surface area (Å²) in [4.78, 5) is 63.5. The van der Waals surface area contributed by atoms with Gasteiger partial charge in [-0.25, -0.2) is 9.67 Å². The highest BCUT2D eigenvalue weighted by molar-refractivity contribution is 5.92. The number of aromatic nitrogens is 5. The first-order chi connectivity index (χ1) is 18.0. The normalized spacial score (nSPS) is 22.7. The van der Waals surface area contributed by atoms with Gasteiger partial charge in [-0.05, 0) is 0 Å². The first-order valence-electron chi connectivity index (χ1n) is 11.4. The van der Waals surface area contributed by atoms with Gasteiger partial charge in [0.2, 0.25) is 0 Å². The zero-order chi connectivity index (χ0) is 28.0. The molecule has 0 aromatic carbocycles. The van der Waals surface area contributed by atoms with Crippen LogP contribution in [0.15, 0.2) is 18.7 Å². The minimum atomic E-state index is -1.35. The van der Waals surface area contributed by atoms with Crippen LogP contribution in [0, 0.1) is 0 Å². The second-order valence-corrected chi connectivity index (χ2v) is 8.35. The second kappa shape index (κ2) is 12.3. The Bertz CT molecular complexity index is 1190. The second-order valence-electron chi connectivity index (χ2n) is 8.35. The Kier molecular flexibility index (Phi) is 9.11. The fourth-order valence-electron chi connectivity index (χ4n) is 3.77. The zero-order valence-corrected chi connectivity index (χ0v) is 21.4. The Morgan fingerprint density at radius 3 is 2.16 bits per heavy atom. The first-order valence-corrected chi connectivity index (χ1v) is 11.4. The lowest BCUT2D eigenvalue weighted by Gasteiger charge is -2.44. The number of hydrogen-bond donors (Lipinski definition) is 1. The van der Waals surface area contributed by atoms with Gasteiger partial charge in [-0.3, -0.25) is 24.0 Å². The molecule has 206 valence electrons. The van der Waals surface area contributed by atoms with Crippen LogP contribution in [0.4, 0.5) is 0 Å². The molecule has 1 aliphatic heterocycles. The number of carbonyl (C=O) groups is 5. The minimum absolute atomic E-state index is 0.0186.